The smallest absolute Gasteiger partial charge is 0.377 e. The monoisotopic (exact) mass is 248 g/mol. The van der Waals surface area contributed by atoms with Gasteiger partial charge in [0.15, 0.2) is 6.10 Å². The second-order valence-corrected chi connectivity index (χ2v) is 3.98. The van der Waals surface area contributed by atoms with Gasteiger partial charge in [-0.2, -0.15) is 8.78 Å². The fourth-order valence-corrected chi connectivity index (χ4v) is 1.52. The Kier molecular flexibility index (Phi) is 3.88. The summed E-state index contributed by atoms with van der Waals surface area (Å²) in [5.74, 6) is -6.52. The van der Waals surface area contributed by atoms with E-state index < -0.39 is 18.0 Å². The number of aliphatic carboxylic acids is 1. The molecule has 3 nitrogen and oxygen atoms in total. The number of aliphatic hydroxyl groups excluding tert-OH is 1. The van der Waals surface area contributed by atoms with Crippen LogP contribution in [0.2, 0.25) is 0 Å². The van der Waals surface area contributed by atoms with Crippen LogP contribution in [0.1, 0.15) is 11.7 Å². The lowest BCUT2D eigenvalue weighted by Gasteiger charge is -2.18. The lowest BCUT2D eigenvalue weighted by Crippen LogP contribution is -2.35. The molecule has 16 heavy (non-hydrogen) atoms. The van der Waals surface area contributed by atoms with Crippen molar-refractivity contribution in [2.75, 3.05) is 6.26 Å². The zero-order valence-corrected chi connectivity index (χ0v) is 9.17. The third-order valence-electron chi connectivity index (χ3n) is 2.06. The molecule has 0 bridgehead atoms. The maximum atomic E-state index is 13.0. The van der Waals surface area contributed by atoms with Crippen molar-refractivity contribution in [3.63, 3.8) is 0 Å². The molecule has 2 N–H and O–H groups in total. The van der Waals surface area contributed by atoms with Crippen molar-refractivity contribution >= 4 is 17.7 Å². The number of carboxylic acids is 1. The second-order valence-electron chi connectivity index (χ2n) is 3.10. The molecule has 6 heteroatoms. The van der Waals surface area contributed by atoms with Crippen LogP contribution in [0.15, 0.2) is 29.2 Å². The summed E-state index contributed by atoms with van der Waals surface area (Å²) in [6.07, 6.45) is -0.516. The molecule has 0 aromatic heterocycles. The van der Waals surface area contributed by atoms with Gasteiger partial charge in [-0.05, 0) is 24.0 Å². The Bertz CT molecular complexity index is 378. The van der Waals surface area contributed by atoms with Gasteiger partial charge in [0.2, 0.25) is 0 Å². The van der Waals surface area contributed by atoms with Gasteiger partial charge in [-0.1, -0.05) is 12.1 Å². The topological polar surface area (TPSA) is 57.5 Å². The SMILES string of the molecule is CSc1ccc(C(O)C(F)(F)C(=O)O)cc1. The van der Waals surface area contributed by atoms with E-state index in [1.54, 1.807) is 12.1 Å². The lowest BCUT2D eigenvalue weighted by molar-refractivity contribution is -0.182. The molecule has 1 unspecified atom stereocenters. The van der Waals surface area contributed by atoms with Crippen LogP contribution in [0.5, 0.6) is 0 Å². The molecule has 0 heterocycles. The predicted molar refractivity (Wildman–Crippen MR) is 55.8 cm³/mol. The van der Waals surface area contributed by atoms with Gasteiger partial charge in [0.1, 0.15) is 0 Å². The minimum atomic E-state index is -4.18. The maximum absolute atomic E-state index is 13.0. The highest BCUT2D eigenvalue weighted by molar-refractivity contribution is 7.98. The molecule has 1 aromatic rings. The van der Waals surface area contributed by atoms with Crippen molar-refractivity contribution in [3.8, 4) is 0 Å². The number of carboxylic acid groups (broad SMARTS) is 1. The van der Waals surface area contributed by atoms with Crippen LogP contribution in [-0.4, -0.2) is 28.4 Å². The molecule has 1 rings (SSSR count). The highest BCUT2D eigenvalue weighted by Crippen LogP contribution is 2.32. The largest absolute Gasteiger partial charge is 0.477 e. The number of halogens is 2. The third kappa shape index (κ3) is 2.51. The molecule has 1 atom stereocenters. The summed E-state index contributed by atoms with van der Waals surface area (Å²) in [4.78, 5) is 11.1. The van der Waals surface area contributed by atoms with Crippen molar-refractivity contribution in [3.05, 3.63) is 29.8 Å². The number of thioether (sulfide) groups is 1. The molecule has 0 aliphatic rings. The van der Waals surface area contributed by atoms with Crippen LogP contribution < -0.4 is 0 Å². The number of hydrogen-bond acceptors (Lipinski definition) is 3. The number of aliphatic hydroxyl groups is 1. The molecular formula is C10H10F2O3S. The van der Waals surface area contributed by atoms with Crippen molar-refractivity contribution < 1.29 is 23.8 Å². The average molecular weight is 248 g/mol. The molecule has 0 fully saturated rings. The number of alkyl halides is 2. The highest BCUT2D eigenvalue weighted by atomic mass is 32.2. The van der Waals surface area contributed by atoms with Gasteiger partial charge in [0, 0.05) is 4.90 Å². The van der Waals surface area contributed by atoms with Gasteiger partial charge in [0.25, 0.3) is 0 Å². The number of hydrogen-bond donors (Lipinski definition) is 2. The van der Waals surface area contributed by atoms with Gasteiger partial charge >= 0.3 is 11.9 Å². The standard InChI is InChI=1S/C10H10F2O3S/c1-16-7-4-2-6(3-5-7)8(13)10(11,12)9(14)15/h2-5,8,13H,1H3,(H,14,15). The van der Waals surface area contributed by atoms with E-state index in [9.17, 15) is 18.7 Å². The third-order valence-corrected chi connectivity index (χ3v) is 2.80. The zero-order valence-electron chi connectivity index (χ0n) is 8.35. The Morgan fingerprint density at radius 1 is 1.38 bits per heavy atom. The number of benzene rings is 1. The van der Waals surface area contributed by atoms with E-state index in [2.05, 4.69) is 0 Å². The first-order chi connectivity index (χ1) is 7.39. The molecular weight excluding hydrogens is 238 g/mol. The molecule has 0 spiro atoms. The first kappa shape index (κ1) is 12.9. The van der Waals surface area contributed by atoms with Crippen LogP contribution in [0.4, 0.5) is 8.78 Å². The molecule has 0 saturated carbocycles. The van der Waals surface area contributed by atoms with E-state index in [0.717, 1.165) is 4.90 Å². The van der Waals surface area contributed by atoms with E-state index in [0.29, 0.717) is 0 Å². The van der Waals surface area contributed by atoms with Crippen LogP contribution >= 0.6 is 11.8 Å². The normalized spacial score (nSPS) is 13.5. The minimum Gasteiger partial charge on any atom is -0.477 e. The van der Waals surface area contributed by atoms with Gasteiger partial charge < -0.3 is 10.2 Å². The first-order valence-electron chi connectivity index (χ1n) is 4.32. The molecule has 0 aliphatic carbocycles. The van der Waals surface area contributed by atoms with E-state index in [-0.39, 0.29) is 5.56 Å². The van der Waals surface area contributed by atoms with E-state index >= 15 is 0 Å². The number of rotatable bonds is 4. The summed E-state index contributed by atoms with van der Waals surface area (Å²) in [6, 6.07) is 5.66. The zero-order chi connectivity index (χ0) is 12.3. The molecule has 88 valence electrons. The quantitative estimate of drug-likeness (QED) is 0.802. The van der Waals surface area contributed by atoms with Crippen LogP contribution in [-0.2, 0) is 4.79 Å². The summed E-state index contributed by atoms with van der Waals surface area (Å²) in [7, 11) is 0. The van der Waals surface area contributed by atoms with Crippen molar-refractivity contribution in [2.24, 2.45) is 0 Å². The summed E-state index contributed by atoms with van der Waals surface area (Å²) in [6.45, 7) is 0. The first-order valence-corrected chi connectivity index (χ1v) is 5.55. The van der Waals surface area contributed by atoms with Crippen molar-refractivity contribution in [2.45, 2.75) is 16.9 Å². The van der Waals surface area contributed by atoms with Crippen LogP contribution in [0, 0.1) is 0 Å². The van der Waals surface area contributed by atoms with Gasteiger partial charge in [-0.25, -0.2) is 4.79 Å². The fraction of sp³-hybridized carbons (Fsp3) is 0.300. The van der Waals surface area contributed by atoms with Crippen molar-refractivity contribution in [1.29, 1.82) is 0 Å². The van der Waals surface area contributed by atoms with Crippen LogP contribution in [0.25, 0.3) is 0 Å². The van der Waals surface area contributed by atoms with Gasteiger partial charge in [-0.3, -0.25) is 0 Å². The highest BCUT2D eigenvalue weighted by Gasteiger charge is 2.47. The van der Waals surface area contributed by atoms with Crippen molar-refractivity contribution in [1.82, 2.24) is 0 Å². The second kappa shape index (κ2) is 4.80. The van der Waals surface area contributed by atoms with E-state index in [4.69, 9.17) is 5.11 Å². The Balaban J connectivity index is 2.96. The maximum Gasteiger partial charge on any atom is 0.377 e. The molecule has 1 aromatic carbocycles. The lowest BCUT2D eigenvalue weighted by atomic mass is 10.0. The summed E-state index contributed by atoms with van der Waals surface area (Å²) in [5.41, 5.74) is -0.120. The van der Waals surface area contributed by atoms with Gasteiger partial charge in [0.05, 0.1) is 0 Å². The molecule has 0 amide bonds. The summed E-state index contributed by atoms with van der Waals surface area (Å²) >= 11 is 1.42. The minimum absolute atomic E-state index is 0.120. The predicted octanol–water partition coefficient (Wildman–Crippen LogP) is 2.16. The van der Waals surface area contributed by atoms with E-state index in [1.807, 2.05) is 6.26 Å². The molecule has 0 aliphatic heterocycles. The average Bonchev–Trinajstić information content (AvgIpc) is 2.28. The molecule has 0 radical (unpaired) electrons. The van der Waals surface area contributed by atoms with Crippen LogP contribution in [0.3, 0.4) is 0 Å². The Hall–Kier alpha value is -1.14. The van der Waals surface area contributed by atoms with E-state index in [1.165, 1.54) is 23.9 Å². The summed E-state index contributed by atoms with van der Waals surface area (Å²) in [5, 5.41) is 17.5. The molecule has 0 saturated heterocycles. The Morgan fingerprint density at radius 2 is 1.88 bits per heavy atom. The van der Waals surface area contributed by atoms with Gasteiger partial charge in [-0.15, -0.1) is 11.8 Å². The fourth-order valence-electron chi connectivity index (χ4n) is 1.11. The summed E-state index contributed by atoms with van der Waals surface area (Å²) < 4.78 is 25.9. The Morgan fingerprint density at radius 3 is 2.25 bits per heavy atom. The number of carbonyl (C=O) groups is 1. The Labute approximate surface area is 95.1 Å².